The van der Waals surface area contributed by atoms with Crippen LogP contribution in [-0.2, 0) is 9.53 Å². The first kappa shape index (κ1) is 18.5. The Kier molecular flexibility index (Phi) is 10.6. The fourth-order valence-electron chi connectivity index (χ4n) is 3.82. The third-order valence-electron chi connectivity index (χ3n) is 5.18. The third kappa shape index (κ3) is 8.48. The highest BCUT2D eigenvalue weighted by Gasteiger charge is 2.23. The van der Waals surface area contributed by atoms with E-state index in [-0.39, 0.29) is 5.97 Å². The number of carbonyl (C=O) groups excluding carboxylic acids is 1. The van der Waals surface area contributed by atoms with Crippen LogP contribution in [0.1, 0.15) is 96.8 Å². The zero-order valence-electron chi connectivity index (χ0n) is 14.4. The van der Waals surface area contributed by atoms with Gasteiger partial charge in [0.1, 0.15) is 0 Å². The first-order valence-electron chi connectivity index (χ1n) is 9.34. The molecule has 0 N–H and O–H groups in total. The van der Waals surface area contributed by atoms with Crippen molar-refractivity contribution in [3.8, 4) is 0 Å². The van der Waals surface area contributed by atoms with Crippen molar-refractivity contribution in [1.29, 1.82) is 0 Å². The van der Waals surface area contributed by atoms with Gasteiger partial charge < -0.3 is 4.74 Å². The molecule has 0 heterocycles. The predicted molar refractivity (Wildman–Crippen MR) is 89.3 cm³/mol. The summed E-state index contributed by atoms with van der Waals surface area (Å²) in [5, 5.41) is 0. The fourth-order valence-corrected chi connectivity index (χ4v) is 3.82. The van der Waals surface area contributed by atoms with E-state index in [9.17, 15) is 4.79 Å². The van der Waals surface area contributed by atoms with Crippen molar-refractivity contribution in [2.24, 2.45) is 11.8 Å². The summed E-state index contributed by atoms with van der Waals surface area (Å²) in [5.74, 6) is 1.98. The molecule has 2 nitrogen and oxygen atoms in total. The molecule has 0 bridgehead atoms. The Morgan fingerprint density at radius 1 is 0.905 bits per heavy atom. The van der Waals surface area contributed by atoms with E-state index in [1.54, 1.807) is 0 Å². The van der Waals surface area contributed by atoms with Crippen molar-refractivity contribution >= 4 is 5.97 Å². The lowest BCUT2D eigenvalue weighted by molar-refractivity contribution is -0.140. The van der Waals surface area contributed by atoms with Crippen LogP contribution in [0.3, 0.4) is 0 Å². The molecule has 0 amide bonds. The van der Waals surface area contributed by atoms with Gasteiger partial charge in [0.25, 0.3) is 0 Å². The molecule has 0 aromatic heterocycles. The maximum absolute atomic E-state index is 11.0. The topological polar surface area (TPSA) is 26.3 Å². The molecule has 1 rings (SSSR count). The maximum Gasteiger partial charge on any atom is 0.305 e. The van der Waals surface area contributed by atoms with Crippen LogP contribution in [0, 0.1) is 11.8 Å². The lowest BCUT2D eigenvalue weighted by Crippen LogP contribution is -2.19. The lowest BCUT2D eigenvalue weighted by Gasteiger charge is -2.31. The van der Waals surface area contributed by atoms with Crippen molar-refractivity contribution in [1.82, 2.24) is 0 Å². The van der Waals surface area contributed by atoms with E-state index in [1.165, 1.54) is 84.2 Å². The van der Waals surface area contributed by atoms with Crippen LogP contribution >= 0.6 is 0 Å². The van der Waals surface area contributed by atoms with E-state index >= 15 is 0 Å². The van der Waals surface area contributed by atoms with Crippen molar-refractivity contribution < 1.29 is 9.53 Å². The highest BCUT2D eigenvalue weighted by Crippen LogP contribution is 2.36. The van der Waals surface area contributed by atoms with E-state index in [2.05, 4.69) is 11.7 Å². The standard InChI is InChI=1S/C19H36O2/c1-3-4-12-17-14-10-11-15-18(17)13-8-6-5-7-9-16-19(20)21-2/h17-18H,3-16H2,1-2H3. The normalized spacial score (nSPS) is 22.2. The summed E-state index contributed by atoms with van der Waals surface area (Å²) in [4.78, 5) is 11.0. The van der Waals surface area contributed by atoms with E-state index in [0.717, 1.165) is 18.3 Å². The molecule has 2 heteroatoms. The minimum atomic E-state index is -0.0593. The summed E-state index contributed by atoms with van der Waals surface area (Å²) < 4.78 is 4.66. The Balaban J connectivity index is 2.03. The van der Waals surface area contributed by atoms with Crippen molar-refractivity contribution in [2.45, 2.75) is 96.8 Å². The zero-order chi connectivity index (χ0) is 15.3. The Hall–Kier alpha value is -0.530. The van der Waals surface area contributed by atoms with Crippen LogP contribution in [0.5, 0.6) is 0 Å². The SMILES string of the molecule is CCCCC1CCCCC1CCCCCCCC(=O)OC. The molecule has 1 aliphatic rings. The summed E-state index contributed by atoms with van der Waals surface area (Å²) in [6.45, 7) is 2.31. The summed E-state index contributed by atoms with van der Waals surface area (Å²) >= 11 is 0. The molecular weight excluding hydrogens is 260 g/mol. The van der Waals surface area contributed by atoms with Crippen LogP contribution < -0.4 is 0 Å². The van der Waals surface area contributed by atoms with Gasteiger partial charge in [-0.15, -0.1) is 0 Å². The minimum Gasteiger partial charge on any atom is -0.469 e. The number of esters is 1. The molecule has 1 aliphatic carbocycles. The van der Waals surface area contributed by atoms with Gasteiger partial charge in [0.05, 0.1) is 7.11 Å². The fraction of sp³-hybridized carbons (Fsp3) is 0.947. The third-order valence-corrected chi connectivity index (χ3v) is 5.18. The first-order chi connectivity index (χ1) is 10.3. The molecule has 1 saturated carbocycles. The molecule has 0 saturated heterocycles. The maximum atomic E-state index is 11.0. The number of ether oxygens (including phenoxy) is 1. The Bertz CT molecular complexity index is 262. The number of carbonyl (C=O) groups is 1. The average molecular weight is 296 g/mol. The van der Waals surface area contributed by atoms with Crippen LogP contribution in [0.4, 0.5) is 0 Å². The minimum absolute atomic E-state index is 0.0593. The number of unbranched alkanes of at least 4 members (excludes halogenated alkanes) is 5. The van der Waals surface area contributed by atoms with E-state index in [1.807, 2.05) is 0 Å². The number of hydrogen-bond acceptors (Lipinski definition) is 2. The summed E-state index contributed by atoms with van der Waals surface area (Å²) in [6.07, 6.45) is 18.4. The van der Waals surface area contributed by atoms with Gasteiger partial charge >= 0.3 is 5.97 Å². The lowest BCUT2D eigenvalue weighted by atomic mass is 9.74. The average Bonchev–Trinajstić information content (AvgIpc) is 2.52. The molecule has 2 atom stereocenters. The number of hydrogen-bond donors (Lipinski definition) is 0. The van der Waals surface area contributed by atoms with Gasteiger partial charge in [0.15, 0.2) is 0 Å². The summed E-state index contributed by atoms with van der Waals surface area (Å²) in [6, 6.07) is 0. The predicted octanol–water partition coefficient (Wildman–Crippen LogP) is 5.89. The molecule has 0 aromatic rings. The molecule has 1 fully saturated rings. The van der Waals surface area contributed by atoms with Gasteiger partial charge in [-0.3, -0.25) is 4.79 Å². The highest BCUT2D eigenvalue weighted by atomic mass is 16.5. The molecule has 2 unspecified atom stereocenters. The summed E-state index contributed by atoms with van der Waals surface area (Å²) in [7, 11) is 1.47. The smallest absolute Gasteiger partial charge is 0.305 e. The quantitative estimate of drug-likeness (QED) is 0.351. The monoisotopic (exact) mass is 296 g/mol. The van der Waals surface area contributed by atoms with Gasteiger partial charge in [-0.25, -0.2) is 0 Å². The summed E-state index contributed by atoms with van der Waals surface area (Å²) in [5.41, 5.74) is 0. The number of rotatable bonds is 11. The Morgan fingerprint density at radius 3 is 2.10 bits per heavy atom. The molecule has 0 aromatic carbocycles. The molecular formula is C19H36O2. The van der Waals surface area contributed by atoms with Crippen LogP contribution in [0.25, 0.3) is 0 Å². The zero-order valence-corrected chi connectivity index (χ0v) is 14.4. The van der Waals surface area contributed by atoms with Crippen molar-refractivity contribution in [3.63, 3.8) is 0 Å². The van der Waals surface area contributed by atoms with E-state index in [4.69, 9.17) is 0 Å². The van der Waals surface area contributed by atoms with Gasteiger partial charge in [0, 0.05) is 6.42 Å². The van der Waals surface area contributed by atoms with Crippen molar-refractivity contribution in [2.75, 3.05) is 7.11 Å². The van der Waals surface area contributed by atoms with E-state index in [0.29, 0.717) is 6.42 Å². The second-order valence-electron chi connectivity index (χ2n) is 6.83. The largest absolute Gasteiger partial charge is 0.469 e. The number of methoxy groups -OCH3 is 1. The molecule has 0 aliphatic heterocycles. The van der Waals surface area contributed by atoms with Gasteiger partial charge in [-0.05, 0) is 18.3 Å². The van der Waals surface area contributed by atoms with Gasteiger partial charge in [-0.2, -0.15) is 0 Å². The van der Waals surface area contributed by atoms with Gasteiger partial charge in [0.2, 0.25) is 0 Å². The highest BCUT2D eigenvalue weighted by molar-refractivity contribution is 5.68. The first-order valence-corrected chi connectivity index (χ1v) is 9.34. The molecule has 21 heavy (non-hydrogen) atoms. The van der Waals surface area contributed by atoms with Crippen molar-refractivity contribution in [3.05, 3.63) is 0 Å². The van der Waals surface area contributed by atoms with E-state index < -0.39 is 0 Å². The Morgan fingerprint density at radius 2 is 1.48 bits per heavy atom. The molecule has 124 valence electrons. The van der Waals surface area contributed by atoms with Gasteiger partial charge in [-0.1, -0.05) is 84.0 Å². The second-order valence-corrected chi connectivity index (χ2v) is 6.83. The second kappa shape index (κ2) is 12.1. The molecule has 0 spiro atoms. The Labute approximate surface area is 132 Å². The van der Waals surface area contributed by atoms with Crippen LogP contribution in [0.15, 0.2) is 0 Å². The molecule has 0 radical (unpaired) electrons. The van der Waals surface area contributed by atoms with Crippen LogP contribution in [0.2, 0.25) is 0 Å². The van der Waals surface area contributed by atoms with Crippen LogP contribution in [-0.4, -0.2) is 13.1 Å².